The molecule has 6 heteroatoms. The van der Waals surface area contributed by atoms with Crippen molar-refractivity contribution in [2.45, 2.75) is 12.4 Å². The summed E-state index contributed by atoms with van der Waals surface area (Å²) < 4.78 is 41.3. The standard InChI is InChI=1S/C10H7ClF3NO/c11-7-3-1-6(2-4-7)8-5-16-9(15-8)10(12,13)14/h1-4,9H,5H2. The molecule has 1 atom stereocenters. The molecule has 0 N–H and O–H groups in total. The van der Waals surface area contributed by atoms with Crippen LogP contribution in [0.4, 0.5) is 13.2 Å². The van der Waals surface area contributed by atoms with E-state index in [4.69, 9.17) is 11.6 Å². The zero-order valence-electron chi connectivity index (χ0n) is 7.96. The zero-order chi connectivity index (χ0) is 11.8. The molecular weight excluding hydrogens is 243 g/mol. The van der Waals surface area contributed by atoms with Crippen LogP contribution in [-0.4, -0.2) is 24.7 Å². The largest absolute Gasteiger partial charge is 0.435 e. The molecule has 0 aromatic heterocycles. The quantitative estimate of drug-likeness (QED) is 0.750. The molecule has 1 aromatic carbocycles. The van der Waals surface area contributed by atoms with Crippen LogP contribution in [0.5, 0.6) is 0 Å². The Balaban J connectivity index is 2.21. The van der Waals surface area contributed by atoms with Crippen LogP contribution in [-0.2, 0) is 4.74 Å². The maximum atomic E-state index is 12.3. The van der Waals surface area contributed by atoms with Crippen molar-refractivity contribution in [2.75, 3.05) is 6.61 Å². The molecule has 0 amide bonds. The van der Waals surface area contributed by atoms with E-state index in [1.54, 1.807) is 24.3 Å². The molecular formula is C10H7ClF3NO. The molecule has 2 nitrogen and oxygen atoms in total. The third-order valence-electron chi connectivity index (χ3n) is 2.11. The van der Waals surface area contributed by atoms with Crippen LogP contribution in [0.2, 0.25) is 5.02 Å². The summed E-state index contributed by atoms with van der Waals surface area (Å²) in [5, 5.41) is 0.524. The summed E-state index contributed by atoms with van der Waals surface area (Å²) in [6, 6.07) is 6.42. The van der Waals surface area contributed by atoms with Gasteiger partial charge in [0.2, 0.25) is 6.23 Å². The van der Waals surface area contributed by atoms with Gasteiger partial charge in [-0.15, -0.1) is 0 Å². The van der Waals surface area contributed by atoms with Crippen molar-refractivity contribution in [3.05, 3.63) is 34.9 Å². The van der Waals surface area contributed by atoms with Crippen LogP contribution in [0, 0.1) is 0 Å². The molecule has 0 saturated carbocycles. The van der Waals surface area contributed by atoms with Gasteiger partial charge in [0, 0.05) is 5.02 Å². The molecule has 1 aliphatic rings. The minimum Gasteiger partial charge on any atom is -0.342 e. The normalized spacial score (nSPS) is 21.0. The number of rotatable bonds is 1. The molecule has 1 heterocycles. The minimum atomic E-state index is -4.45. The predicted octanol–water partition coefficient (Wildman–Crippen LogP) is 3.05. The average Bonchev–Trinajstić information content (AvgIpc) is 2.67. The lowest BCUT2D eigenvalue weighted by Gasteiger charge is -2.09. The lowest BCUT2D eigenvalue weighted by atomic mass is 10.1. The number of ether oxygens (including phenoxy) is 1. The summed E-state index contributed by atoms with van der Waals surface area (Å²) >= 11 is 5.67. The predicted molar refractivity (Wildman–Crippen MR) is 53.8 cm³/mol. The molecule has 0 aliphatic carbocycles. The van der Waals surface area contributed by atoms with Gasteiger partial charge in [0.05, 0.1) is 12.3 Å². The Kier molecular flexibility index (Phi) is 2.90. The zero-order valence-corrected chi connectivity index (χ0v) is 8.72. The second-order valence-electron chi connectivity index (χ2n) is 3.29. The maximum absolute atomic E-state index is 12.3. The average molecular weight is 250 g/mol. The molecule has 86 valence electrons. The highest BCUT2D eigenvalue weighted by atomic mass is 35.5. The van der Waals surface area contributed by atoms with Crippen molar-refractivity contribution in [1.29, 1.82) is 0 Å². The van der Waals surface area contributed by atoms with E-state index in [1.165, 1.54) is 0 Å². The number of aliphatic imine (C=N–C) groups is 1. The third kappa shape index (κ3) is 2.36. The lowest BCUT2D eigenvalue weighted by Crippen LogP contribution is -2.26. The lowest BCUT2D eigenvalue weighted by molar-refractivity contribution is -0.207. The van der Waals surface area contributed by atoms with E-state index in [0.717, 1.165) is 0 Å². The van der Waals surface area contributed by atoms with E-state index >= 15 is 0 Å². The Hall–Kier alpha value is -1.07. The fraction of sp³-hybridized carbons (Fsp3) is 0.300. The highest BCUT2D eigenvalue weighted by Crippen LogP contribution is 2.28. The third-order valence-corrected chi connectivity index (χ3v) is 2.36. The first kappa shape index (κ1) is 11.4. The van der Waals surface area contributed by atoms with Gasteiger partial charge in [-0.2, -0.15) is 13.2 Å². The number of halogens is 4. The molecule has 0 saturated heterocycles. The second kappa shape index (κ2) is 4.07. The van der Waals surface area contributed by atoms with E-state index < -0.39 is 12.4 Å². The summed E-state index contributed by atoms with van der Waals surface area (Å²) in [7, 11) is 0. The smallest absolute Gasteiger partial charge is 0.342 e. The van der Waals surface area contributed by atoms with Gasteiger partial charge in [-0.05, 0) is 17.7 Å². The Bertz CT molecular complexity index is 413. The highest BCUT2D eigenvalue weighted by Gasteiger charge is 2.43. The van der Waals surface area contributed by atoms with Crippen molar-refractivity contribution < 1.29 is 17.9 Å². The van der Waals surface area contributed by atoms with Gasteiger partial charge in [0.15, 0.2) is 0 Å². The van der Waals surface area contributed by atoms with Crippen molar-refractivity contribution in [3.8, 4) is 0 Å². The monoisotopic (exact) mass is 249 g/mol. The van der Waals surface area contributed by atoms with Gasteiger partial charge in [0.25, 0.3) is 0 Å². The SMILES string of the molecule is FC(F)(F)C1N=C(c2ccc(Cl)cc2)CO1. The number of hydrogen-bond acceptors (Lipinski definition) is 2. The van der Waals surface area contributed by atoms with Gasteiger partial charge < -0.3 is 4.74 Å². The van der Waals surface area contributed by atoms with Crippen LogP contribution in [0.1, 0.15) is 5.56 Å². The number of nitrogens with zero attached hydrogens (tertiary/aromatic N) is 1. The molecule has 1 aromatic rings. The maximum Gasteiger partial charge on any atom is 0.435 e. The van der Waals surface area contributed by atoms with Crippen LogP contribution >= 0.6 is 11.6 Å². The van der Waals surface area contributed by atoms with Crippen LogP contribution in [0.15, 0.2) is 29.3 Å². The van der Waals surface area contributed by atoms with E-state index in [9.17, 15) is 13.2 Å². The van der Waals surface area contributed by atoms with Crippen LogP contribution in [0.25, 0.3) is 0 Å². The molecule has 1 aliphatic heterocycles. The summed E-state index contributed by atoms with van der Waals surface area (Å²) in [5.74, 6) is 0. The number of benzene rings is 1. The van der Waals surface area contributed by atoms with E-state index in [0.29, 0.717) is 16.3 Å². The summed E-state index contributed by atoms with van der Waals surface area (Å²) in [6.45, 7) is -0.133. The van der Waals surface area contributed by atoms with Gasteiger partial charge >= 0.3 is 6.18 Å². The molecule has 1 unspecified atom stereocenters. The van der Waals surface area contributed by atoms with Crippen molar-refractivity contribution in [2.24, 2.45) is 4.99 Å². The fourth-order valence-corrected chi connectivity index (χ4v) is 1.47. The first-order chi connectivity index (χ1) is 7.47. The van der Waals surface area contributed by atoms with Gasteiger partial charge in [-0.25, -0.2) is 4.99 Å². The van der Waals surface area contributed by atoms with Crippen molar-refractivity contribution in [1.82, 2.24) is 0 Å². The number of alkyl halides is 3. The van der Waals surface area contributed by atoms with Crippen molar-refractivity contribution in [3.63, 3.8) is 0 Å². The Morgan fingerprint density at radius 1 is 1.25 bits per heavy atom. The van der Waals surface area contributed by atoms with E-state index in [1.807, 2.05) is 0 Å². The summed E-state index contributed by atoms with van der Waals surface area (Å²) in [6.07, 6.45) is -6.49. The fourth-order valence-electron chi connectivity index (χ4n) is 1.34. The molecule has 0 fully saturated rings. The van der Waals surface area contributed by atoms with Crippen LogP contribution < -0.4 is 0 Å². The molecule has 2 rings (SSSR count). The van der Waals surface area contributed by atoms with Gasteiger partial charge in [-0.1, -0.05) is 23.7 Å². The van der Waals surface area contributed by atoms with E-state index in [2.05, 4.69) is 9.73 Å². The van der Waals surface area contributed by atoms with Crippen molar-refractivity contribution >= 4 is 17.3 Å². The first-order valence-corrected chi connectivity index (χ1v) is 4.85. The van der Waals surface area contributed by atoms with E-state index in [-0.39, 0.29) is 6.61 Å². The first-order valence-electron chi connectivity index (χ1n) is 4.48. The highest BCUT2D eigenvalue weighted by molar-refractivity contribution is 6.30. The summed E-state index contributed by atoms with van der Waals surface area (Å²) in [5.41, 5.74) is 0.884. The molecule has 0 spiro atoms. The van der Waals surface area contributed by atoms with Gasteiger partial charge in [-0.3, -0.25) is 0 Å². The topological polar surface area (TPSA) is 21.6 Å². The molecule has 0 bridgehead atoms. The molecule has 16 heavy (non-hydrogen) atoms. The Morgan fingerprint density at radius 2 is 1.88 bits per heavy atom. The second-order valence-corrected chi connectivity index (χ2v) is 3.72. The minimum absolute atomic E-state index is 0.133. The van der Waals surface area contributed by atoms with Crippen LogP contribution in [0.3, 0.4) is 0 Å². The Morgan fingerprint density at radius 3 is 2.38 bits per heavy atom. The number of hydrogen-bond donors (Lipinski definition) is 0. The van der Waals surface area contributed by atoms with Gasteiger partial charge in [0.1, 0.15) is 0 Å². The summed E-state index contributed by atoms with van der Waals surface area (Å²) in [4.78, 5) is 3.49. The Labute approximate surface area is 94.7 Å². The molecule has 0 radical (unpaired) electrons.